The molecule has 110 valence electrons. The Balaban J connectivity index is 2.04. The molecule has 1 fully saturated rings. The van der Waals surface area contributed by atoms with Gasteiger partial charge >= 0.3 is 0 Å². The molecule has 0 bridgehead atoms. The third-order valence-corrected chi connectivity index (χ3v) is 4.72. The van der Waals surface area contributed by atoms with Crippen molar-refractivity contribution in [2.75, 3.05) is 7.11 Å². The molecule has 2 nitrogen and oxygen atoms in total. The molecule has 1 unspecified atom stereocenters. The Hall–Kier alpha value is -1.87. The molecule has 21 heavy (non-hydrogen) atoms. The van der Waals surface area contributed by atoms with Gasteiger partial charge in [-0.1, -0.05) is 36.8 Å². The van der Waals surface area contributed by atoms with Gasteiger partial charge in [-0.15, -0.1) is 0 Å². The maximum Gasteiger partial charge on any atom is 0.123 e. The highest BCUT2D eigenvalue weighted by atomic mass is 19.1. The summed E-state index contributed by atoms with van der Waals surface area (Å²) in [4.78, 5) is 0. The number of rotatable bonds is 4. The number of ether oxygens (including phenoxy) is 1. The second-order valence-electron chi connectivity index (χ2n) is 5.74. The predicted molar refractivity (Wildman–Crippen MR) is 81.9 cm³/mol. The van der Waals surface area contributed by atoms with Crippen LogP contribution in [-0.2, 0) is 5.41 Å². The zero-order valence-corrected chi connectivity index (χ0v) is 12.2. The molecule has 2 aromatic carbocycles. The fourth-order valence-electron chi connectivity index (χ4n) is 3.35. The standard InChI is InChI=1S/C18H20FNO/c1-21-16-9-8-14(19)12-15(16)17(20)18(10-5-11-18)13-6-3-2-4-7-13/h2-4,6-9,12,17H,5,10-11,20H2,1H3. The maximum absolute atomic E-state index is 13.6. The van der Waals surface area contributed by atoms with Crippen LogP contribution in [0.2, 0.25) is 0 Å². The van der Waals surface area contributed by atoms with Crippen molar-refractivity contribution < 1.29 is 9.13 Å². The molecule has 1 aliphatic rings. The number of halogens is 1. The van der Waals surface area contributed by atoms with Gasteiger partial charge in [0.05, 0.1) is 7.11 Å². The Labute approximate surface area is 124 Å². The Morgan fingerprint density at radius 2 is 1.86 bits per heavy atom. The molecule has 2 N–H and O–H groups in total. The molecule has 1 atom stereocenters. The number of methoxy groups -OCH3 is 1. The Kier molecular flexibility index (Phi) is 3.68. The largest absolute Gasteiger partial charge is 0.496 e. The summed E-state index contributed by atoms with van der Waals surface area (Å²) in [6.45, 7) is 0. The molecule has 0 radical (unpaired) electrons. The zero-order valence-electron chi connectivity index (χ0n) is 12.2. The Morgan fingerprint density at radius 3 is 2.43 bits per heavy atom. The number of hydrogen-bond acceptors (Lipinski definition) is 2. The van der Waals surface area contributed by atoms with E-state index < -0.39 is 0 Å². The van der Waals surface area contributed by atoms with Crippen LogP contribution in [0.1, 0.15) is 36.4 Å². The molecule has 3 heteroatoms. The van der Waals surface area contributed by atoms with Crippen molar-refractivity contribution in [1.29, 1.82) is 0 Å². The van der Waals surface area contributed by atoms with Crippen LogP contribution in [0.25, 0.3) is 0 Å². The molecule has 0 saturated heterocycles. The van der Waals surface area contributed by atoms with E-state index in [1.807, 2.05) is 18.2 Å². The molecule has 3 rings (SSSR count). The van der Waals surface area contributed by atoms with Crippen LogP contribution in [0.4, 0.5) is 4.39 Å². The van der Waals surface area contributed by atoms with E-state index in [0.717, 1.165) is 24.8 Å². The Bertz CT molecular complexity index is 622. The molecule has 0 heterocycles. The summed E-state index contributed by atoms with van der Waals surface area (Å²) < 4.78 is 19.0. The first-order valence-electron chi connectivity index (χ1n) is 7.32. The van der Waals surface area contributed by atoms with Gasteiger partial charge in [0.15, 0.2) is 0 Å². The monoisotopic (exact) mass is 285 g/mol. The molecule has 1 saturated carbocycles. The minimum Gasteiger partial charge on any atom is -0.496 e. The van der Waals surface area contributed by atoms with Crippen LogP contribution >= 0.6 is 0 Å². The van der Waals surface area contributed by atoms with Crippen molar-refractivity contribution in [2.24, 2.45) is 5.73 Å². The molecule has 0 spiro atoms. The van der Waals surface area contributed by atoms with Gasteiger partial charge < -0.3 is 10.5 Å². The van der Waals surface area contributed by atoms with E-state index in [4.69, 9.17) is 10.5 Å². The first-order chi connectivity index (χ1) is 10.2. The normalized spacial score (nSPS) is 17.9. The van der Waals surface area contributed by atoms with Crippen LogP contribution in [0.3, 0.4) is 0 Å². The smallest absolute Gasteiger partial charge is 0.123 e. The zero-order chi connectivity index (χ0) is 14.9. The summed E-state index contributed by atoms with van der Waals surface area (Å²) in [5.74, 6) is 0.384. The van der Waals surface area contributed by atoms with Crippen molar-refractivity contribution in [2.45, 2.75) is 30.7 Å². The van der Waals surface area contributed by atoms with Crippen molar-refractivity contribution in [3.8, 4) is 5.75 Å². The molecule has 0 amide bonds. The summed E-state index contributed by atoms with van der Waals surface area (Å²) >= 11 is 0. The second-order valence-corrected chi connectivity index (χ2v) is 5.74. The first kappa shape index (κ1) is 14.1. The quantitative estimate of drug-likeness (QED) is 0.923. The fraction of sp³-hybridized carbons (Fsp3) is 0.333. The average molecular weight is 285 g/mol. The summed E-state index contributed by atoms with van der Waals surface area (Å²) in [7, 11) is 1.60. The Morgan fingerprint density at radius 1 is 1.14 bits per heavy atom. The van der Waals surface area contributed by atoms with Gasteiger partial charge in [0.2, 0.25) is 0 Å². The molecular weight excluding hydrogens is 265 g/mol. The van der Waals surface area contributed by atoms with E-state index in [1.165, 1.54) is 17.7 Å². The van der Waals surface area contributed by atoms with E-state index in [2.05, 4.69) is 12.1 Å². The molecule has 2 aromatic rings. The summed E-state index contributed by atoms with van der Waals surface area (Å²) in [6, 6.07) is 14.6. The number of hydrogen-bond donors (Lipinski definition) is 1. The van der Waals surface area contributed by atoms with Crippen molar-refractivity contribution in [1.82, 2.24) is 0 Å². The molecule has 1 aliphatic carbocycles. The van der Waals surface area contributed by atoms with Crippen LogP contribution in [0.5, 0.6) is 5.75 Å². The van der Waals surface area contributed by atoms with Crippen LogP contribution in [-0.4, -0.2) is 7.11 Å². The van der Waals surface area contributed by atoms with E-state index in [1.54, 1.807) is 13.2 Å². The molecule has 0 aromatic heterocycles. The fourth-order valence-corrected chi connectivity index (χ4v) is 3.35. The minimum atomic E-state index is -0.274. The highest BCUT2D eigenvalue weighted by Gasteiger charge is 2.45. The first-order valence-corrected chi connectivity index (χ1v) is 7.32. The third kappa shape index (κ3) is 2.32. The van der Waals surface area contributed by atoms with E-state index in [0.29, 0.717) is 5.75 Å². The average Bonchev–Trinajstić information content (AvgIpc) is 2.47. The lowest BCUT2D eigenvalue weighted by Crippen LogP contribution is -2.44. The van der Waals surface area contributed by atoms with Crippen molar-refractivity contribution >= 4 is 0 Å². The van der Waals surface area contributed by atoms with Crippen molar-refractivity contribution in [3.05, 3.63) is 65.5 Å². The van der Waals surface area contributed by atoms with Gasteiger partial charge in [-0.2, -0.15) is 0 Å². The minimum absolute atomic E-state index is 0.109. The second kappa shape index (κ2) is 5.49. The van der Waals surface area contributed by atoms with Gasteiger partial charge in [0.1, 0.15) is 11.6 Å². The SMILES string of the molecule is COc1ccc(F)cc1C(N)C1(c2ccccc2)CCC1. The van der Waals surface area contributed by atoms with E-state index in [9.17, 15) is 4.39 Å². The van der Waals surface area contributed by atoms with E-state index in [-0.39, 0.29) is 17.3 Å². The summed E-state index contributed by atoms with van der Waals surface area (Å²) in [5.41, 5.74) is 8.44. The lowest BCUT2D eigenvalue weighted by molar-refractivity contribution is 0.193. The predicted octanol–water partition coefficient (Wildman–Crippen LogP) is 3.96. The van der Waals surface area contributed by atoms with Gasteiger partial charge in [-0.3, -0.25) is 0 Å². The summed E-state index contributed by atoms with van der Waals surface area (Å²) in [5, 5.41) is 0. The molecule has 0 aliphatic heterocycles. The lowest BCUT2D eigenvalue weighted by Gasteiger charge is -2.47. The number of benzene rings is 2. The van der Waals surface area contributed by atoms with Crippen LogP contribution < -0.4 is 10.5 Å². The summed E-state index contributed by atoms with van der Waals surface area (Å²) in [6.07, 6.45) is 3.20. The van der Waals surface area contributed by atoms with E-state index >= 15 is 0 Å². The highest BCUT2D eigenvalue weighted by Crippen LogP contribution is 2.52. The van der Waals surface area contributed by atoms with Crippen molar-refractivity contribution in [3.63, 3.8) is 0 Å². The van der Waals surface area contributed by atoms with Crippen LogP contribution in [0, 0.1) is 5.82 Å². The van der Waals surface area contributed by atoms with Gasteiger partial charge in [0, 0.05) is 17.0 Å². The highest BCUT2D eigenvalue weighted by molar-refractivity contribution is 5.42. The van der Waals surface area contributed by atoms with Crippen LogP contribution in [0.15, 0.2) is 48.5 Å². The molecular formula is C18H20FNO. The van der Waals surface area contributed by atoms with Gasteiger partial charge in [-0.25, -0.2) is 4.39 Å². The lowest BCUT2D eigenvalue weighted by atomic mass is 9.59. The maximum atomic E-state index is 13.6. The topological polar surface area (TPSA) is 35.2 Å². The number of nitrogens with two attached hydrogens (primary N) is 1. The van der Waals surface area contributed by atoms with Gasteiger partial charge in [-0.05, 0) is 36.6 Å². The third-order valence-electron chi connectivity index (χ3n) is 4.72. The van der Waals surface area contributed by atoms with Gasteiger partial charge in [0.25, 0.3) is 0 Å².